The van der Waals surface area contributed by atoms with Crippen LogP contribution in [0.1, 0.15) is 58.9 Å². The highest BCUT2D eigenvalue weighted by Gasteiger charge is 2.34. The van der Waals surface area contributed by atoms with Crippen LogP contribution in [0.5, 0.6) is 0 Å². The van der Waals surface area contributed by atoms with Crippen molar-refractivity contribution in [1.82, 2.24) is 9.97 Å². The van der Waals surface area contributed by atoms with Gasteiger partial charge in [0.15, 0.2) is 0 Å². The van der Waals surface area contributed by atoms with E-state index >= 15 is 0 Å². The Morgan fingerprint density at radius 1 is 1.25 bits per heavy atom. The summed E-state index contributed by atoms with van der Waals surface area (Å²) in [5, 5.41) is 7.09. The Bertz CT molecular complexity index is 442. The topological polar surface area (TPSA) is 49.8 Å². The average Bonchev–Trinajstić information content (AvgIpc) is 2.75. The van der Waals surface area contributed by atoms with Crippen LogP contribution < -0.4 is 10.6 Å². The Hall–Kier alpha value is -1.32. The SMILES string of the molecule is CCCNc1ncnc(NC2CCCC2(C)C)c1CC. The van der Waals surface area contributed by atoms with Crippen molar-refractivity contribution in [3.63, 3.8) is 0 Å². The van der Waals surface area contributed by atoms with Gasteiger partial charge in [-0.15, -0.1) is 0 Å². The molecule has 1 heterocycles. The maximum atomic E-state index is 4.49. The molecule has 0 aliphatic heterocycles. The molecule has 1 aromatic rings. The van der Waals surface area contributed by atoms with Gasteiger partial charge in [-0.05, 0) is 31.1 Å². The molecular weight excluding hydrogens is 248 g/mol. The van der Waals surface area contributed by atoms with E-state index < -0.39 is 0 Å². The molecule has 1 aliphatic rings. The summed E-state index contributed by atoms with van der Waals surface area (Å²) in [6.07, 6.45) is 7.55. The molecule has 2 rings (SSSR count). The number of nitrogens with zero attached hydrogens (tertiary/aromatic N) is 2. The normalized spacial score (nSPS) is 20.9. The lowest BCUT2D eigenvalue weighted by molar-refractivity contribution is 0.349. The van der Waals surface area contributed by atoms with E-state index in [-0.39, 0.29) is 0 Å². The number of hydrogen-bond acceptors (Lipinski definition) is 4. The summed E-state index contributed by atoms with van der Waals surface area (Å²) >= 11 is 0. The molecule has 1 unspecified atom stereocenters. The van der Waals surface area contributed by atoms with E-state index in [2.05, 4.69) is 48.3 Å². The third-order valence-electron chi connectivity index (χ3n) is 4.41. The maximum Gasteiger partial charge on any atom is 0.134 e. The predicted molar refractivity (Wildman–Crippen MR) is 85.2 cm³/mol. The number of nitrogens with one attached hydrogen (secondary N) is 2. The van der Waals surface area contributed by atoms with Crippen molar-refractivity contribution < 1.29 is 0 Å². The molecule has 0 radical (unpaired) electrons. The van der Waals surface area contributed by atoms with E-state index in [0.29, 0.717) is 11.5 Å². The van der Waals surface area contributed by atoms with Crippen LogP contribution in [0, 0.1) is 5.41 Å². The fourth-order valence-electron chi connectivity index (χ4n) is 3.03. The number of rotatable bonds is 6. The second kappa shape index (κ2) is 6.42. The van der Waals surface area contributed by atoms with Crippen molar-refractivity contribution in [1.29, 1.82) is 0 Å². The fraction of sp³-hybridized carbons (Fsp3) is 0.750. The van der Waals surface area contributed by atoms with E-state index in [1.807, 2.05) is 0 Å². The first kappa shape index (κ1) is 15.1. The lowest BCUT2D eigenvalue weighted by atomic mass is 9.87. The minimum atomic E-state index is 0.354. The second-order valence-corrected chi connectivity index (χ2v) is 6.41. The highest BCUT2D eigenvalue weighted by Crippen LogP contribution is 2.39. The van der Waals surface area contributed by atoms with Crippen molar-refractivity contribution in [2.24, 2.45) is 5.41 Å². The van der Waals surface area contributed by atoms with Crippen molar-refractivity contribution in [3.8, 4) is 0 Å². The first-order valence-electron chi connectivity index (χ1n) is 7.92. The monoisotopic (exact) mass is 276 g/mol. The van der Waals surface area contributed by atoms with E-state index in [0.717, 1.165) is 31.0 Å². The molecule has 1 saturated carbocycles. The van der Waals surface area contributed by atoms with Crippen LogP contribution in [-0.2, 0) is 6.42 Å². The molecule has 112 valence electrons. The lowest BCUT2D eigenvalue weighted by Gasteiger charge is -2.29. The van der Waals surface area contributed by atoms with Gasteiger partial charge in [-0.2, -0.15) is 0 Å². The van der Waals surface area contributed by atoms with Crippen molar-refractivity contribution in [2.75, 3.05) is 17.2 Å². The van der Waals surface area contributed by atoms with Crippen LogP contribution in [0.2, 0.25) is 0 Å². The molecule has 4 heteroatoms. The van der Waals surface area contributed by atoms with Crippen LogP contribution in [-0.4, -0.2) is 22.6 Å². The highest BCUT2D eigenvalue weighted by atomic mass is 15.1. The smallest absolute Gasteiger partial charge is 0.134 e. The van der Waals surface area contributed by atoms with Crippen molar-refractivity contribution >= 4 is 11.6 Å². The Balaban J connectivity index is 2.18. The summed E-state index contributed by atoms with van der Waals surface area (Å²) in [5.74, 6) is 2.00. The van der Waals surface area contributed by atoms with Gasteiger partial charge in [0.25, 0.3) is 0 Å². The third-order valence-corrected chi connectivity index (χ3v) is 4.41. The summed E-state index contributed by atoms with van der Waals surface area (Å²) in [7, 11) is 0. The van der Waals surface area contributed by atoms with Gasteiger partial charge in [-0.1, -0.05) is 34.1 Å². The molecule has 2 N–H and O–H groups in total. The van der Waals surface area contributed by atoms with E-state index in [1.165, 1.54) is 24.8 Å². The molecule has 1 atom stereocenters. The summed E-state index contributed by atoms with van der Waals surface area (Å²) < 4.78 is 0. The molecular formula is C16H28N4. The van der Waals surface area contributed by atoms with Gasteiger partial charge in [0, 0.05) is 18.2 Å². The number of anilines is 2. The van der Waals surface area contributed by atoms with Crippen LogP contribution in [0.3, 0.4) is 0 Å². The first-order chi connectivity index (χ1) is 9.58. The minimum Gasteiger partial charge on any atom is -0.370 e. The molecule has 0 bridgehead atoms. The standard InChI is InChI=1S/C16H28N4/c1-5-10-17-14-12(6-2)15(19-11-18-14)20-13-8-7-9-16(13,3)4/h11,13H,5-10H2,1-4H3,(H2,17,18,19,20). The van der Waals surface area contributed by atoms with Crippen LogP contribution >= 0.6 is 0 Å². The summed E-state index contributed by atoms with van der Waals surface area (Å²) in [6, 6.07) is 0.515. The zero-order valence-corrected chi connectivity index (χ0v) is 13.3. The van der Waals surface area contributed by atoms with Gasteiger partial charge in [0.1, 0.15) is 18.0 Å². The van der Waals surface area contributed by atoms with E-state index in [4.69, 9.17) is 0 Å². The van der Waals surface area contributed by atoms with Crippen LogP contribution in [0.25, 0.3) is 0 Å². The molecule has 4 nitrogen and oxygen atoms in total. The second-order valence-electron chi connectivity index (χ2n) is 6.41. The summed E-state index contributed by atoms with van der Waals surface area (Å²) in [5.41, 5.74) is 1.57. The summed E-state index contributed by atoms with van der Waals surface area (Å²) in [6.45, 7) is 9.99. The molecule has 1 fully saturated rings. The molecule has 0 amide bonds. The van der Waals surface area contributed by atoms with Gasteiger partial charge >= 0.3 is 0 Å². The fourth-order valence-corrected chi connectivity index (χ4v) is 3.03. The quantitative estimate of drug-likeness (QED) is 0.828. The zero-order chi connectivity index (χ0) is 14.6. The largest absolute Gasteiger partial charge is 0.370 e. The van der Waals surface area contributed by atoms with Gasteiger partial charge in [-0.25, -0.2) is 9.97 Å². The van der Waals surface area contributed by atoms with Crippen LogP contribution in [0.15, 0.2) is 6.33 Å². The van der Waals surface area contributed by atoms with Gasteiger partial charge < -0.3 is 10.6 Å². The maximum absolute atomic E-state index is 4.49. The molecule has 1 aliphatic carbocycles. The molecule has 1 aromatic heterocycles. The zero-order valence-electron chi connectivity index (χ0n) is 13.3. The van der Waals surface area contributed by atoms with Crippen molar-refractivity contribution in [2.45, 2.75) is 65.8 Å². The van der Waals surface area contributed by atoms with E-state index in [9.17, 15) is 0 Å². The molecule has 20 heavy (non-hydrogen) atoms. The van der Waals surface area contributed by atoms with E-state index in [1.54, 1.807) is 6.33 Å². The molecule has 0 aromatic carbocycles. The minimum absolute atomic E-state index is 0.354. The lowest BCUT2D eigenvalue weighted by Crippen LogP contribution is -2.31. The van der Waals surface area contributed by atoms with Crippen molar-refractivity contribution in [3.05, 3.63) is 11.9 Å². The number of aromatic nitrogens is 2. The van der Waals surface area contributed by atoms with Crippen LogP contribution in [0.4, 0.5) is 11.6 Å². The first-order valence-corrected chi connectivity index (χ1v) is 7.92. The number of hydrogen-bond donors (Lipinski definition) is 2. The van der Waals surface area contributed by atoms with Gasteiger partial charge in [0.2, 0.25) is 0 Å². The Morgan fingerprint density at radius 2 is 2.00 bits per heavy atom. The Morgan fingerprint density at radius 3 is 2.60 bits per heavy atom. The predicted octanol–water partition coefficient (Wildman–Crippen LogP) is 3.85. The van der Waals surface area contributed by atoms with Gasteiger partial charge in [-0.3, -0.25) is 0 Å². The highest BCUT2D eigenvalue weighted by molar-refractivity contribution is 5.58. The van der Waals surface area contributed by atoms with Gasteiger partial charge in [0.05, 0.1) is 0 Å². The Kier molecular flexibility index (Phi) is 4.84. The summed E-state index contributed by atoms with van der Waals surface area (Å²) in [4.78, 5) is 8.88. The third kappa shape index (κ3) is 3.22. The Labute approximate surface area is 122 Å². The molecule has 0 saturated heterocycles. The average molecular weight is 276 g/mol. The molecule has 0 spiro atoms.